The van der Waals surface area contributed by atoms with Crippen LogP contribution < -0.4 is 5.32 Å². The van der Waals surface area contributed by atoms with Crippen molar-refractivity contribution in [1.29, 1.82) is 0 Å². The van der Waals surface area contributed by atoms with E-state index in [0.29, 0.717) is 17.1 Å². The van der Waals surface area contributed by atoms with Gasteiger partial charge in [-0.2, -0.15) is 0 Å². The van der Waals surface area contributed by atoms with Gasteiger partial charge in [0.05, 0.1) is 0 Å². The lowest BCUT2D eigenvalue weighted by molar-refractivity contribution is 0.0951. The fraction of sp³-hybridized carbons (Fsp3) is 0.381. The average molecular weight is 357 g/mol. The Bertz CT molecular complexity index is 714. The first-order valence-electron chi connectivity index (χ1n) is 8.95. The van der Waals surface area contributed by atoms with E-state index in [4.69, 9.17) is 11.6 Å². The molecule has 3 rings (SSSR count). The highest BCUT2D eigenvalue weighted by molar-refractivity contribution is 6.31. The summed E-state index contributed by atoms with van der Waals surface area (Å²) in [6.45, 7) is 6.06. The molecule has 3 nitrogen and oxygen atoms in total. The highest BCUT2D eigenvalue weighted by Gasteiger charge is 2.16. The van der Waals surface area contributed by atoms with E-state index in [-0.39, 0.29) is 5.91 Å². The van der Waals surface area contributed by atoms with Gasteiger partial charge in [-0.15, -0.1) is 0 Å². The third-order valence-electron chi connectivity index (χ3n) is 4.76. The Morgan fingerprint density at radius 3 is 2.68 bits per heavy atom. The number of hydrogen-bond acceptors (Lipinski definition) is 2. The largest absolute Gasteiger partial charge is 0.348 e. The molecule has 25 heavy (non-hydrogen) atoms. The normalized spacial score (nSPS) is 18.1. The number of nitrogens with zero attached hydrogens (tertiary/aromatic N) is 1. The highest BCUT2D eigenvalue weighted by atomic mass is 35.5. The van der Waals surface area contributed by atoms with Crippen LogP contribution in [0.1, 0.15) is 41.3 Å². The zero-order valence-electron chi connectivity index (χ0n) is 14.7. The molecule has 1 saturated heterocycles. The van der Waals surface area contributed by atoms with Crippen molar-refractivity contribution >= 4 is 17.5 Å². The number of hydrogen-bond donors (Lipinski definition) is 1. The Morgan fingerprint density at radius 2 is 1.96 bits per heavy atom. The van der Waals surface area contributed by atoms with Crippen LogP contribution >= 0.6 is 11.6 Å². The summed E-state index contributed by atoms with van der Waals surface area (Å²) in [5, 5.41) is 3.60. The SMILES string of the molecule is C[C@H]1CCCN(Cc2ccc(C(=O)NCc3ccccc3Cl)cc2)C1. The maximum Gasteiger partial charge on any atom is 0.251 e. The first kappa shape index (κ1) is 18.0. The topological polar surface area (TPSA) is 32.3 Å². The van der Waals surface area contributed by atoms with E-state index in [2.05, 4.69) is 29.3 Å². The molecule has 1 N–H and O–H groups in total. The molecule has 2 aromatic rings. The minimum atomic E-state index is -0.0712. The van der Waals surface area contributed by atoms with E-state index in [0.717, 1.165) is 18.0 Å². The van der Waals surface area contributed by atoms with Crippen molar-refractivity contribution in [3.63, 3.8) is 0 Å². The second-order valence-electron chi connectivity index (χ2n) is 6.95. The fourth-order valence-corrected chi connectivity index (χ4v) is 3.57. The zero-order valence-corrected chi connectivity index (χ0v) is 15.4. The molecule has 1 heterocycles. The number of likely N-dealkylation sites (tertiary alicyclic amines) is 1. The molecule has 0 bridgehead atoms. The van der Waals surface area contributed by atoms with Crippen molar-refractivity contribution in [2.75, 3.05) is 13.1 Å². The fourth-order valence-electron chi connectivity index (χ4n) is 3.37. The Morgan fingerprint density at radius 1 is 1.20 bits per heavy atom. The van der Waals surface area contributed by atoms with Crippen LogP contribution in [-0.2, 0) is 13.1 Å². The predicted octanol–water partition coefficient (Wildman–Crippen LogP) is 4.50. The molecule has 0 radical (unpaired) electrons. The number of halogens is 1. The summed E-state index contributed by atoms with van der Waals surface area (Å²) >= 11 is 6.12. The Kier molecular flexibility index (Phi) is 6.11. The molecule has 1 aliphatic heterocycles. The number of carbonyl (C=O) groups is 1. The first-order valence-corrected chi connectivity index (χ1v) is 9.32. The van der Waals surface area contributed by atoms with Gasteiger partial charge in [0.1, 0.15) is 0 Å². The maximum atomic E-state index is 12.3. The lowest BCUT2D eigenvalue weighted by Gasteiger charge is -2.30. The number of piperidine rings is 1. The number of amides is 1. The molecule has 1 aliphatic rings. The second kappa shape index (κ2) is 8.50. The number of carbonyl (C=O) groups excluding carboxylic acids is 1. The molecule has 2 aromatic carbocycles. The first-order chi connectivity index (χ1) is 12.1. The van der Waals surface area contributed by atoms with Crippen molar-refractivity contribution in [1.82, 2.24) is 10.2 Å². The molecule has 1 atom stereocenters. The molecule has 0 saturated carbocycles. The van der Waals surface area contributed by atoms with Crippen LogP contribution in [-0.4, -0.2) is 23.9 Å². The van der Waals surface area contributed by atoms with Crippen LogP contribution in [0.5, 0.6) is 0 Å². The van der Waals surface area contributed by atoms with Crippen LogP contribution in [0.15, 0.2) is 48.5 Å². The van der Waals surface area contributed by atoms with E-state index in [1.54, 1.807) is 0 Å². The number of rotatable bonds is 5. The van der Waals surface area contributed by atoms with Crippen LogP contribution in [0, 0.1) is 5.92 Å². The molecular weight excluding hydrogens is 332 g/mol. The summed E-state index contributed by atoms with van der Waals surface area (Å²) in [6.07, 6.45) is 2.62. The van der Waals surface area contributed by atoms with Gasteiger partial charge in [-0.25, -0.2) is 0 Å². The van der Waals surface area contributed by atoms with Gasteiger partial charge in [-0.05, 0) is 54.6 Å². The van der Waals surface area contributed by atoms with Crippen molar-refractivity contribution in [3.8, 4) is 0 Å². The van der Waals surface area contributed by atoms with Gasteiger partial charge < -0.3 is 5.32 Å². The Hall–Kier alpha value is -1.84. The third kappa shape index (κ3) is 5.07. The van der Waals surface area contributed by atoms with Gasteiger partial charge in [0.15, 0.2) is 0 Å². The van der Waals surface area contributed by atoms with E-state index in [1.165, 1.54) is 31.5 Å². The lowest BCUT2D eigenvalue weighted by atomic mass is 9.99. The van der Waals surface area contributed by atoms with Crippen LogP contribution in [0.4, 0.5) is 0 Å². The molecule has 0 unspecified atom stereocenters. The highest BCUT2D eigenvalue weighted by Crippen LogP contribution is 2.18. The smallest absolute Gasteiger partial charge is 0.251 e. The van der Waals surface area contributed by atoms with Gasteiger partial charge in [0, 0.05) is 30.2 Å². The van der Waals surface area contributed by atoms with E-state index < -0.39 is 0 Å². The minimum absolute atomic E-state index is 0.0712. The van der Waals surface area contributed by atoms with E-state index in [9.17, 15) is 4.79 Å². The van der Waals surface area contributed by atoms with Crippen molar-refractivity contribution in [2.24, 2.45) is 5.92 Å². The summed E-state index contributed by atoms with van der Waals surface area (Å²) in [5.41, 5.74) is 2.87. The molecule has 0 aliphatic carbocycles. The molecular formula is C21H25ClN2O. The summed E-state index contributed by atoms with van der Waals surface area (Å²) in [6, 6.07) is 15.5. The van der Waals surface area contributed by atoms with Crippen molar-refractivity contribution < 1.29 is 4.79 Å². The third-order valence-corrected chi connectivity index (χ3v) is 5.13. The quantitative estimate of drug-likeness (QED) is 0.855. The summed E-state index contributed by atoms with van der Waals surface area (Å²) in [5.74, 6) is 0.710. The molecule has 1 amide bonds. The van der Waals surface area contributed by atoms with Crippen molar-refractivity contribution in [3.05, 3.63) is 70.2 Å². The van der Waals surface area contributed by atoms with E-state index >= 15 is 0 Å². The maximum absolute atomic E-state index is 12.3. The number of benzene rings is 2. The van der Waals surface area contributed by atoms with Crippen molar-refractivity contribution in [2.45, 2.75) is 32.9 Å². The second-order valence-corrected chi connectivity index (χ2v) is 7.36. The predicted molar refractivity (Wildman–Crippen MR) is 103 cm³/mol. The van der Waals surface area contributed by atoms with Crippen LogP contribution in [0.25, 0.3) is 0 Å². The van der Waals surface area contributed by atoms with Gasteiger partial charge in [-0.1, -0.05) is 48.9 Å². The lowest BCUT2D eigenvalue weighted by Crippen LogP contribution is -2.33. The van der Waals surface area contributed by atoms with Crippen LogP contribution in [0.2, 0.25) is 5.02 Å². The van der Waals surface area contributed by atoms with Gasteiger partial charge in [-0.3, -0.25) is 9.69 Å². The summed E-state index contributed by atoms with van der Waals surface area (Å²) in [4.78, 5) is 14.8. The van der Waals surface area contributed by atoms with Crippen LogP contribution in [0.3, 0.4) is 0 Å². The molecule has 0 spiro atoms. The Labute approximate surface area is 155 Å². The monoisotopic (exact) mass is 356 g/mol. The standard InChI is InChI=1S/C21H25ClN2O/c1-16-5-4-12-24(14-16)15-17-8-10-18(11-9-17)21(25)23-13-19-6-2-3-7-20(19)22/h2-3,6-11,16H,4-5,12-15H2,1H3,(H,23,25)/t16-/m0/s1. The molecule has 4 heteroatoms. The zero-order chi connectivity index (χ0) is 17.6. The van der Waals surface area contributed by atoms with Gasteiger partial charge >= 0.3 is 0 Å². The summed E-state index contributed by atoms with van der Waals surface area (Å²) in [7, 11) is 0. The minimum Gasteiger partial charge on any atom is -0.348 e. The van der Waals surface area contributed by atoms with E-state index in [1.807, 2.05) is 36.4 Å². The van der Waals surface area contributed by atoms with Gasteiger partial charge in [0.2, 0.25) is 0 Å². The summed E-state index contributed by atoms with van der Waals surface area (Å²) < 4.78 is 0. The van der Waals surface area contributed by atoms with Gasteiger partial charge in [0.25, 0.3) is 5.91 Å². The molecule has 1 fully saturated rings. The Balaban J connectivity index is 1.54. The molecule has 0 aromatic heterocycles. The average Bonchev–Trinajstić information content (AvgIpc) is 2.61. The molecule has 132 valence electrons. The number of nitrogens with one attached hydrogen (secondary N) is 1.